The van der Waals surface area contributed by atoms with Crippen LogP contribution >= 0.6 is 11.8 Å². The normalized spacial score (nSPS) is 13.1. The maximum atomic E-state index is 5.33. The van der Waals surface area contributed by atoms with Gasteiger partial charge in [0, 0.05) is 26.5 Å². The van der Waals surface area contributed by atoms with E-state index in [4.69, 9.17) is 15.0 Å². The molecule has 1 aliphatic carbocycles. The van der Waals surface area contributed by atoms with E-state index in [1.165, 1.54) is 59.9 Å². The van der Waals surface area contributed by atoms with E-state index in [2.05, 4.69) is 165 Å². The lowest BCUT2D eigenvalue weighted by atomic mass is 9.67. The molecule has 0 saturated carbocycles. The molecule has 9 aromatic rings. The third-order valence-electron chi connectivity index (χ3n) is 11.5. The molecule has 0 amide bonds. The van der Waals surface area contributed by atoms with Crippen LogP contribution in [0.15, 0.2) is 204 Å². The van der Waals surface area contributed by atoms with Gasteiger partial charge < -0.3 is 0 Å². The average molecular weight is 746 g/mol. The first kappa shape index (κ1) is 33.5. The Hall–Kier alpha value is -6.88. The van der Waals surface area contributed by atoms with Crippen molar-refractivity contribution in [2.45, 2.75) is 22.1 Å². The van der Waals surface area contributed by atoms with Crippen molar-refractivity contribution in [1.29, 1.82) is 0 Å². The van der Waals surface area contributed by atoms with E-state index in [0.29, 0.717) is 17.5 Å². The first-order valence-corrected chi connectivity index (χ1v) is 20.2. The minimum atomic E-state index is -0.537. The van der Waals surface area contributed by atoms with Gasteiger partial charge in [0.15, 0.2) is 17.5 Å². The minimum absolute atomic E-state index is 0.537. The van der Waals surface area contributed by atoms with Crippen LogP contribution < -0.4 is 0 Å². The summed E-state index contributed by atoms with van der Waals surface area (Å²) in [4.78, 5) is 18.2. The van der Waals surface area contributed by atoms with Gasteiger partial charge in [-0.15, -0.1) is 0 Å². The third-order valence-corrected chi connectivity index (χ3v) is 12.6. The quantitative estimate of drug-likeness (QED) is 0.176. The van der Waals surface area contributed by atoms with Gasteiger partial charge in [-0.1, -0.05) is 193 Å². The Labute approximate surface area is 336 Å². The van der Waals surface area contributed by atoms with E-state index in [9.17, 15) is 0 Å². The summed E-state index contributed by atoms with van der Waals surface area (Å²) in [6.45, 7) is 2.13. The fourth-order valence-corrected chi connectivity index (χ4v) is 10.1. The van der Waals surface area contributed by atoms with Crippen molar-refractivity contribution in [3.8, 4) is 67.5 Å². The Morgan fingerprint density at radius 1 is 0.333 bits per heavy atom. The Bertz CT molecular complexity index is 2870. The van der Waals surface area contributed by atoms with E-state index >= 15 is 0 Å². The summed E-state index contributed by atoms with van der Waals surface area (Å²) in [7, 11) is 0. The molecule has 0 N–H and O–H groups in total. The summed E-state index contributed by atoms with van der Waals surface area (Å²) in [5.41, 5.74) is 15.8. The fraction of sp³-hybridized carbons (Fsp3) is 0.0377. The van der Waals surface area contributed by atoms with Crippen molar-refractivity contribution in [2.24, 2.45) is 0 Å². The molecule has 2 aliphatic rings. The second kappa shape index (κ2) is 13.4. The third kappa shape index (κ3) is 5.40. The highest BCUT2D eigenvalue weighted by molar-refractivity contribution is 7.99. The van der Waals surface area contributed by atoms with E-state index in [1.54, 1.807) is 0 Å². The molecular weight excluding hydrogens is 711 g/mol. The van der Waals surface area contributed by atoms with Crippen LogP contribution in [-0.4, -0.2) is 15.0 Å². The first-order valence-electron chi connectivity index (χ1n) is 19.4. The predicted molar refractivity (Wildman–Crippen MR) is 233 cm³/mol. The van der Waals surface area contributed by atoms with Crippen molar-refractivity contribution in [3.63, 3.8) is 0 Å². The lowest BCUT2D eigenvalue weighted by Gasteiger charge is -2.40. The van der Waals surface area contributed by atoms with Crippen LogP contribution in [0.4, 0.5) is 0 Å². The molecule has 8 aromatic carbocycles. The van der Waals surface area contributed by atoms with Gasteiger partial charge in [0.05, 0.1) is 5.41 Å². The lowest BCUT2D eigenvalue weighted by molar-refractivity contribution is 0.723. The SMILES string of the molecule is Cc1ccc(-c2ccc(-c3cc4c(cc3-c3nc(-c5ccccc5)nc(-c5ccccc5)n3)C3(c5ccccc5S4)c4ccccc4-c4ccccc43)cc2)cc1. The molecule has 1 aliphatic heterocycles. The van der Waals surface area contributed by atoms with Crippen LogP contribution in [0.2, 0.25) is 0 Å². The van der Waals surface area contributed by atoms with Crippen LogP contribution in [0.25, 0.3) is 67.5 Å². The molecule has 0 fully saturated rings. The van der Waals surface area contributed by atoms with Crippen molar-refractivity contribution in [2.75, 3.05) is 0 Å². The minimum Gasteiger partial charge on any atom is -0.208 e. The van der Waals surface area contributed by atoms with Gasteiger partial charge in [0.1, 0.15) is 0 Å². The number of hydrogen-bond acceptors (Lipinski definition) is 4. The molecule has 1 spiro atoms. The summed E-state index contributed by atoms with van der Waals surface area (Å²) in [5, 5.41) is 0. The van der Waals surface area contributed by atoms with Crippen LogP contribution in [0.1, 0.15) is 27.8 Å². The van der Waals surface area contributed by atoms with Gasteiger partial charge in [-0.05, 0) is 80.8 Å². The zero-order valence-corrected chi connectivity index (χ0v) is 32.0. The molecule has 57 heavy (non-hydrogen) atoms. The van der Waals surface area contributed by atoms with E-state index in [1.807, 2.05) is 48.2 Å². The van der Waals surface area contributed by atoms with Crippen LogP contribution in [-0.2, 0) is 5.41 Å². The molecule has 268 valence electrons. The van der Waals surface area contributed by atoms with E-state index in [-0.39, 0.29) is 0 Å². The number of benzene rings is 8. The Kier molecular flexibility index (Phi) is 7.87. The zero-order chi connectivity index (χ0) is 37.9. The number of rotatable bonds is 5. The van der Waals surface area contributed by atoms with Gasteiger partial charge >= 0.3 is 0 Å². The second-order valence-electron chi connectivity index (χ2n) is 14.8. The fourth-order valence-electron chi connectivity index (χ4n) is 8.84. The summed E-state index contributed by atoms with van der Waals surface area (Å²) in [6, 6.07) is 69.8. The smallest absolute Gasteiger partial charge is 0.164 e. The van der Waals surface area contributed by atoms with Gasteiger partial charge in [-0.3, -0.25) is 0 Å². The average Bonchev–Trinajstić information content (AvgIpc) is 3.57. The Balaban J connectivity index is 1.22. The summed E-state index contributed by atoms with van der Waals surface area (Å²) in [6.07, 6.45) is 0. The topological polar surface area (TPSA) is 38.7 Å². The van der Waals surface area contributed by atoms with Gasteiger partial charge in [0.2, 0.25) is 0 Å². The largest absolute Gasteiger partial charge is 0.208 e. The number of nitrogens with zero attached hydrogens (tertiary/aromatic N) is 3. The summed E-state index contributed by atoms with van der Waals surface area (Å²) < 4.78 is 0. The highest BCUT2D eigenvalue weighted by Gasteiger charge is 2.50. The van der Waals surface area contributed by atoms with Gasteiger partial charge in [0.25, 0.3) is 0 Å². The highest BCUT2D eigenvalue weighted by atomic mass is 32.2. The maximum Gasteiger partial charge on any atom is 0.164 e. The molecule has 0 unspecified atom stereocenters. The molecule has 0 atom stereocenters. The first-order chi connectivity index (χ1) is 28.1. The van der Waals surface area contributed by atoms with Crippen molar-refractivity contribution in [1.82, 2.24) is 15.0 Å². The van der Waals surface area contributed by atoms with E-state index < -0.39 is 5.41 Å². The van der Waals surface area contributed by atoms with Crippen LogP contribution in [0, 0.1) is 6.92 Å². The zero-order valence-electron chi connectivity index (χ0n) is 31.2. The molecule has 2 heterocycles. The van der Waals surface area contributed by atoms with Crippen LogP contribution in [0.5, 0.6) is 0 Å². The summed E-state index contributed by atoms with van der Waals surface area (Å²) in [5.74, 6) is 1.93. The van der Waals surface area contributed by atoms with Crippen molar-refractivity contribution >= 4 is 11.8 Å². The summed E-state index contributed by atoms with van der Waals surface area (Å²) >= 11 is 1.85. The molecule has 0 radical (unpaired) electrons. The number of aromatic nitrogens is 3. The van der Waals surface area contributed by atoms with Gasteiger partial charge in [-0.2, -0.15) is 0 Å². The number of hydrogen-bond donors (Lipinski definition) is 0. The molecule has 3 nitrogen and oxygen atoms in total. The lowest BCUT2D eigenvalue weighted by Crippen LogP contribution is -2.32. The van der Waals surface area contributed by atoms with E-state index in [0.717, 1.165) is 27.8 Å². The monoisotopic (exact) mass is 745 g/mol. The maximum absolute atomic E-state index is 5.33. The Morgan fingerprint density at radius 3 is 1.40 bits per heavy atom. The molecule has 0 bridgehead atoms. The standard InChI is InChI=1S/C53H35N3S/c1-34-24-26-35(27-25-34)36-28-30-37(31-29-36)42-33-49-47(32-43(42)52-55-50(38-14-4-2-5-15-38)54-51(56-52)39-16-6-3-7-17-39)53(46-22-12-13-23-48(46)57-49)44-20-10-8-18-40(44)41-19-9-11-21-45(41)53/h2-33H,1H3. The second-order valence-corrected chi connectivity index (χ2v) is 15.9. The molecule has 11 rings (SSSR count). The molecule has 1 aromatic heterocycles. The molecule has 4 heteroatoms. The molecular formula is C53H35N3S. The molecule has 0 saturated heterocycles. The highest BCUT2D eigenvalue weighted by Crippen LogP contribution is 2.63. The Morgan fingerprint density at radius 2 is 0.807 bits per heavy atom. The van der Waals surface area contributed by atoms with Crippen molar-refractivity contribution in [3.05, 3.63) is 222 Å². The number of fused-ring (bicyclic) bond motifs is 9. The predicted octanol–water partition coefficient (Wildman–Crippen LogP) is 13.3. The van der Waals surface area contributed by atoms with Crippen molar-refractivity contribution < 1.29 is 0 Å². The van der Waals surface area contributed by atoms with Gasteiger partial charge in [-0.25, -0.2) is 15.0 Å². The van der Waals surface area contributed by atoms with Crippen LogP contribution in [0.3, 0.4) is 0 Å². The number of aryl methyl sites for hydroxylation is 1.